The maximum atomic E-state index is 9.13. The van der Waals surface area contributed by atoms with Gasteiger partial charge in [-0.2, -0.15) is 0 Å². The lowest BCUT2D eigenvalue weighted by atomic mass is 10.2. The molecule has 1 rings (SSSR count). The van der Waals surface area contributed by atoms with Crippen LogP contribution in [-0.2, 0) is 0 Å². The Labute approximate surface area is 70.4 Å². The van der Waals surface area contributed by atoms with Gasteiger partial charge in [0.2, 0.25) is 0 Å². The molecule has 60 valence electrons. The minimum atomic E-state index is 0.0879. The molecule has 3 heteroatoms. The third-order valence-electron chi connectivity index (χ3n) is 1.46. The molecule has 0 aliphatic carbocycles. The molecule has 0 unspecified atom stereocenters. The predicted molar refractivity (Wildman–Crippen MR) is 44.4 cm³/mol. The highest BCUT2D eigenvalue weighted by Gasteiger charge is 2.03. The number of rotatable bonds is 1. The largest absolute Gasteiger partial charge is 0.506 e. The van der Waals surface area contributed by atoms with E-state index in [0.29, 0.717) is 10.8 Å². The molecule has 0 saturated carbocycles. The highest BCUT2D eigenvalue weighted by atomic mass is 35.5. The van der Waals surface area contributed by atoms with E-state index in [4.69, 9.17) is 21.4 Å². The molecule has 1 N–H and O–H groups in total. The molecule has 11 heavy (non-hydrogen) atoms. The molecule has 0 aliphatic heterocycles. The molecule has 0 radical (unpaired) electrons. The van der Waals surface area contributed by atoms with Gasteiger partial charge in [-0.1, -0.05) is 11.6 Å². The Kier molecular flexibility index (Phi) is 2.25. The number of halogens is 1. The van der Waals surface area contributed by atoms with Crippen molar-refractivity contribution in [1.82, 2.24) is 0 Å². The summed E-state index contributed by atoms with van der Waals surface area (Å²) in [5.74, 6) is 0.776. The molecule has 1 aromatic rings. The number of benzene rings is 1. The lowest BCUT2D eigenvalue weighted by molar-refractivity contribution is 0.409. The molecule has 0 heterocycles. The first-order valence-electron chi connectivity index (χ1n) is 3.18. The molecule has 2 nitrogen and oxygen atoms in total. The third-order valence-corrected chi connectivity index (χ3v) is 1.77. The molecule has 0 bridgehead atoms. The minimum absolute atomic E-state index is 0.0879. The Morgan fingerprint density at radius 3 is 2.64 bits per heavy atom. The van der Waals surface area contributed by atoms with Gasteiger partial charge in [0, 0.05) is 6.07 Å². The van der Waals surface area contributed by atoms with E-state index in [0.717, 1.165) is 5.56 Å². The second-order valence-electron chi connectivity index (χ2n) is 2.27. The van der Waals surface area contributed by atoms with Gasteiger partial charge in [-0.05, 0) is 18.6 Å². The Morgan fingerprint density at radius 2 is 2.09 bits per heavy atom. The standard InChI is InChI=1S/C8H9ClO2/c1-5-3-7(10)6(9)4-8(5)11-2/h3-4,10H,1-2H3. The second-order valence-corrected chi connectivity index (χ2v) is 2.68. The van der Waals surface area contributed by atoms with Crippen molar-refractivity contribution in [2.45, 2.75) is 6.92 Å². The summed E-state index contributed by atoms with van der Waals surface area (Å²) in [6, 6.07) is 3.16. The van der Waals surface area contributed by atoms with Crippen molar-refractivity contribution in [3.8, 4) is 11.5 Å². The van der Waals surface area contributed by atoms with Gasteiger partial charge in [0.25, 0.3) is 0 Å². The van der Waals surface area contributed by atoms with Gasteiger partial charge < -0.3 is 9.84 Å². The van der Waals surface area contributed by atoms with E-state index in [1.54, 1.807) is 19.2 Å². The molecular weight excluding hydrogens is 164 g/mol. The van der Waals surface area contributed by atoms with Crippen molar-refractivity contribution >= 4 is 11.6 Å². The SMILES string of the molecule is COc1cc(Cl)c(O)cc1C. The number of aromatic hydroxyl groups is 1. The van der Waals surface area contributed by atoms with Crippen LogP contribution >= 0.6 is 11.6 Å². The Bertz CT molecular complexity index is 271. The van der Waals surface area contributed by atoms with Gasteiger partial charge in [0.05, 0.1) is 12.1 Å². The van der Waals surface area contributed by atoms with E-state index in [-0.39, 0.29) is 5.75 Å². The molecular formula is C8H9ClO2. The summed E-state index contributed by atoms with van der Waals surface area (Å²) in [6.07, 6.45) is 0. The minimum Gasteiger partial charge on any atom is -0.506 e. The van der Waals surface area contributed by atoms with E-state index < -0.39 is 0 Å². The summed E-state index contributed by atoms with van der Waals surface area (Å²) >= 11 is 5.63. The summed E-state index contributed by atoms with van der Waals surface area (Å²) in [7, 11) is 1.57. The van der Waals surface area contributed by atoms with Crippen molar-refractivity contribution in [2.24, 2.45) is 0 Å². The Morgan fingerprint density at radius 1 is 1.45 bits per heavy atom. The summed E-state index contributed by atoms with van der Waals surface area (Å²) in [4.78, 5) is 0. The first kappa shape index (κ1) is 8.21. The molecule has 0 saturated heterocycles. The average Bonchev–Trinajstić information content (AvgIpc) is 1.97. The topological polar surface area (TPSA) is 29.5 Å². The highest BCUT2D eigenvalue weighted by molar-refractivity contribution is 6.32. The van der Waals surface area contributed by atoms with Gasteiger partial charge in [-0.3, -0.25) is 0 Å². The van der Waals surface area contributed by atoms with E-state index in [9.17, 15) is 0 Å². The number of phenolic OH excluding ortho intramolecular Hbond substituents is 1. The van der Waals surface area contributed by atoms with Crippen LogP contribution in [0.4, 0.5) is 0 Å². The van der Waals surface area contributed by atoms with Crippen molar-refractivity contribution in [1.29, 1.82) is 0 Å². The molecule has 0 atom stereocenters. The van der Waals surface area contributed by atoms with Crippen LogP contribution < -0.4 is 4.74 Å². The van der Waals surface area contributed by atoms with Crippen LogP contribution in [0.2, 0.25) is 5.02 Å². The van der Waals surface area contributed by atoms with Crippen molar-refractivity contribution in [2.75, 3.05) is 7.11 Å². The third kappa shape index (κ3) is 1.57. The first-order valence-corrected chi connectivity index (χ1v) is 3.56. The van der Waals surface area contributed by atoms with E-state index in [1.807, 2.05) is 6.92 Å². The second kappa shape index (κ2) is 3.01. The van der Waals surface area contributed by atoms with Crippen LogP contribution in [0.3, 0.4) is 0 Å². The van der Waals surface area contributed by atoms with Crippen molar-refractivity contribution in [3.05, 3.63) is 22.7 Å². The number of aryl methyl sites for hydroxylation is 1. The fraction of sp³-hybridized carbons (Fsp3) is 0.250. The molecule has 0 aliphatic rings. The number of methoxy groups -OCH3 is 1. The Hall–Kier alpha value is -0.890. The van der Waals surface area contributed by atoms with Gasteiger partial charge in [0.15, 0.2) is 0 Å². The van der Waals surface area contributed by atoms with Crippen molar-refractivity contribution in [3.63, 3.8) is 0 Å². The number of ether oxygens (including phenoxy) is 1. The average molecular weight is 173 g/mol. The molecule has 0 amide bonds. The van der Waals surface area contributed by atoms with Crippen LogP contribution in [0.25, 0.3) is 0 Å². The first-order chi connectivity index (χ1) is 5.15. The monoisotopic (exact) mass is 172 g/mol. The summed E-state index contributed by atoms with van der Waals surface area (Å²) in [6.45, 7) is 1.84. The summed E-state index contributed by atoms with van der Waals surface area (Å²) in [5, 5.41) is 9.45. The van der Waals surface area contributed by atoms with Crippen LogP contribution in [0.1, 0.15) is 5.56 Å². The molecule has 0 fully saturated rings. The fourth-order valence-corrected chi connectivity index (χ4v) is 1.02. The van der Waals surface area contributed by atoms with Crippen LogP contribution in [0, 0.1) is 6.92 Å². The number of phenols is 1. The fourth-order valence-electron chi connectivity index (χ4n) is 0.868. The zero-order valence-electron chi connectivity index (χ0n) is 6.39. The number of hydrogen-bond acceptors (Lipinski definition) is 2. The lowest BCUT2D eigenvalue weighted by Crippen LogP contribution is -1.86. The zero-order chi connectivity index (χ0) is 8.43. The molecule has 0 spiro atoms. The highest BCUT2D eigenvalue weighted by Crippen LogP contribution is 2.30. The van der Waals surface area contributed by atoms with Gasteiger partial charge in [0.1, 0.15) is 11.5 Å². The smallest absolute Gasteiger partial charge is 0.134 e. The van der Waals surface area contributed by atoms with Crippen LogP contribution in [0.15, 0.2) is 12.1 Å². The van der Waals surface area contributed by atoms with Crippen molar-refractivity contribution < 1.29 is 9.84 Å². The van der Waals surface area contributed by atoms with Gasteiger partial charge >= 0.3 is 0 Å². The van der Waals surface area contributed by atoms with Crippen LogP contribution in [-0.4, -0.2) is 12.2 Å². The quantitative estimate of drug-likeness (QED) is 0.705. The predicted octanol–water partition coefficient (Wildman–Crippen LogP) is 2.36. The van der Waals surface area contributed by atoms with E-state index in [1.165, 1.54) is 0 Å². The zero-order valence-corrected chi connectivity index (χ0v) is 7.14. The lowest BCUT2D eigenvalue weighted by Gasteiger charge is -2.05. The molecule has 1 aromatic carbocycles. The summed E-state index contributed by atoms with van der Waals surface area (Å²) < 4.78 is 4.99. The van der Waals surface area contributed by atoms with E-state index in [2.05, 4.69) is 0 Å². The maximum Gasteiger partial charge on any atom is 0.134 e. The maximum absolute atomic E-state index is 9.13. The summed E-state index contributed by atoms with van der Waals surface area (Å²) in [5.41, 5.74) is 0.870. The van der Waals surface area contributed by atoms with Crippen LogP contribution in [0.5, 0.6) is 11.5 Å². The van der Waals surface area contributed by atoms with E-state index >= 15 is 0 Å². The van der Waals surface area contributed by atoms with Gasteiger partial charge in [-0.25, -0.2) is 0 Å². The normalized spacial score (nSPS) is 9.73. The Balaban J connectivity index is 3.21. The number of hydrogen-bond donors (Lipinski definition) is 1. The molecule has 0 aromatic heterocycles. The van der Waals surface area contributed by atoms with Gasteiger partial charge in [-0.15, -0.1) is 0 Å².